The van der Waals surface area contributed by atoms with Gasteiger partial charge < -0.3 is 19.6 Å². The zero-order chi connectivity index (χ0) is 15.4. The highest BCUT2D eigenvalue weighted by Crippen LogP contribution is 2.24. The van der Waals surface area contributed by atoms with Crippen LogP contribution in [0.5, 0.6) is 0 Å². The fraction of sp³-hybridized carbons (Fsp3) is 0.429. The van der Waals surface area contributed by atoms with E-state index < -0.39 is 5.97 Å². The lowest BCUT2D eigenvalue weighted by Crippen LogP contribution is -2.49. The highest BCUT2D eigenvalue weighted by atomic mass is 35.5. The number of carboxylic acid groups (broad SMARTS) is 1. The summed E-state index contributed by atoms with van der Waals surface area (Å²) < 4.78 is 4.97. The molecule has 0 bridgehead atoms. The number of hydrogen-bond donors (Lipinski definition) is 1. The zero-order valence-electron chi connectivity index (χ0n) is 11.7. The van der Waals surface area contributed by atoms with Crippen molar-refractivity contribution in [3.05, 3.63) is 28.8 Å². The van der Waals surface area contributed by atoms with E-state index in [0.29, 0.717) is 32.8 Å². The van der Waals surface area contributed by atoms with Crippen LogP contribution in [-0.4, -0.2) is 54.9 Å². The maximum Gasteiger partial charge on any atom is 0.409 e. The Balaban J connectivity index is 2.01. The molecule has 7 heteroatoms. The normalized spacial score (nSPS) is 15.0. The van der Waals surface area contributed by atoms with E-state index >= 15 is 0 Å². The van der Waals surface area contributed by atoms with E-state index in [1.165, 1.54) is 6.07 Å². The molecule has 0 aromatic heterocycles. The van der Waals surface area contributed by atoms with Crippen LogP contribution in [0.3, 0.4) is 0 Å². The van der Waals surface area contributed by atoms with Crippen LogP contribution in [0.1, 0.15) is 17.3 Å². The predicted molar refractivity (Wildman–Crippen MR) is 79.2 cm³/mol. The number of nitrogens with zero attached hydrogens (tertiary/aromatic N) is 2. The molecule has 6 nitrogen and oxygen atoms in total. The second-order valence-electron chi connectivity index (χ2n) is 4.64. The van der Waals surface area contributed by atoms with Gasteiger partial charge in [-0.3, -0.25) is 0 Å². The lowest BCUT2D eigenvalue weighted by atomic mass is 10.2. The number of aromatic carboxylic acids is 1. The van der Waals surface area contributed by atoms with Gasteiger partial charge in [0, 0.05) is 31.9 Å². The van der Waals surface area contributed by atoms with Crippen molar-refractivity contribution in [3.8, 4) is 0 Å². The number of amides is 1. The summed E-state index contributed by atoms with van der Waals surface area (Å²) >= 11 is 5.97. The lowest BCUT2D eigenvalue weighted by molar-refractivity contribution is 0.0697. The number of carboxylic acids is 1. The fourth-order valence-corrected chi connectivity index (χ4v) is 2.49. The lowest BCUT2D eigenvalue weighted by Gasteiger charge is -2.35. The second kappa shape index (κ2) is 6.67. The molecule has 1 aliphatic heterocycles. The van der Waals surface area contributed by atoms with Gasteiger partial charge in [-0.05, 0) is 25.1 Å². The van der Waals surface area contributed by atoms with E-state index in [1.54, 1.807) is 24.0 Å². The molecule has 0 spiro atoms. The van der Waals surface area contributed by atoms with Crippen LogP contribution in [0.2, 0.25) is 5.02 Å². The molecule has 1 heterocycles. The minimum atomic E-state index is -1.04. The monoisotopic (exact) mass is 312 g/mol. The molecule has 2 rings (SSSR count). The maximum absolute atomic E-state index is 11.6. The molecule has 1 saturated heterocycles. The van der Waals surface area contributed by atoms with Gasteiger partial charge in [-0.15, -0.1) is 0 Å². The molecule has 114 valence electrons. The molecule has 1 aromatic rings. The molecule has 1 N–H and O–H groups in total. The Morgan fingerprint density at radius 2 is 1.95 bits per heavy atom. The van der Waals surface area contributed by atoms with E-state index in [0.717, 1.165) is 5.69 Å². The summed E-state index contributed by atoms with van der Waals surface area (Å²) in [6.07, 6.45) is -0.295. The molecule has 1 fully saturated rings. The predicted octanol–water partition coefficient (Wildman–Crippen LogP) is 2.32. The van der Waals surface area contributed by atoms with Crippen LogP contribution in [0.25, 0.3) is 0 Å². The first-order chi connectivity index (χ1) is 10.0. The SMILES string of the molecule is CCOC(=O)N1CCN(c2ccc(C(=O)O)c(Cl)c2)CC1. The average molecular weight is 313 g/mol. The number of piperazine rings is 1. The first-order valence-corrected chi connectivity index (χ1v) is 7.10. The third kappa shape index (κ3) is 3.58. The Kier molecular flexibility index (Phi) is 4.90. The Labute approximate surface area is 127 Å². The molecule has 1 aromatic carbocycles. The second-order valence-corrected chi connectivity index (χ2v) is 5.05. The number of halogens is 1. The molecule has 0 radical (unpaired) electrons. The third-order valence-corrected chi connectivity index (χ3v) is 3.67. The van der Waals surface area contributed by atoms with Crippen LogP contribution >= 0.6 is 11.6 Å². The molecular formula is C14H17ClN2O4. The number of benzene rings is 1. The molecule has 0 atom stereocenters. The van der Waals surface area contributed by atoms with E-state index in [4.69, 9.17) is 21.4 Å². The van der Waals surface area contributed by atoms with Crippen LogP contribution in [0.15, 0.2) is 18.2 Å². The quantitative estimate of drug-likeness (QED) is 0.927. The number of carbonyl (C=O) groups is 2. The van der Waals surface area contributed by atoms with Gasteiger partial charge in [-0.2, -0.15) is 0 Å². The number of carbonyl (C=O) groups excluding carboxylic acids is 1. The van der Waals surface area contributed by atoms with Gasteiger partial charge in [0.1, 0.15) is 0 Å². The van der Waals surface area contributed by atoms with Crippen molar-refractivity contribution in [1.29, 1.82) is 0 Å². The molecule has 0 aliphatic carbocycles. The van der Waals surface area contributed by atoms with Crippen molar-refractivity contribution in [1.82, 2.24) is 4.90 Å². The van der Waals surface area contributed by atoms with Gasteiger partial charge in [0.25, 0.3) is 0 Å². The van der Waals surface area contributed by atoms with Gasteiger partial charge in [-0.25, -0.2) is 9.59 Å². The van der Waals surface area contributed by atoms with Crippen LogP contribution < -0.4 is 4.90 Å². The Morgan fingerprint density at radius 1 is 1.29 bits per heavy atom. The van der Waals surface area contributed by atoms with Crippen LogP contribution in [-0.2, 0) is 4.74 Å². The standard InChI is InChI=1S/C14H17ClN2O4/c1-2-21-14(20)17-7-5-16(6-8-17)10-3-4-11(13(18)19)12(15)9-10/h3-4,9H,2,5-8H2,1H3,(H,18,19). The van der Waals surface area contributed by atoms with Gasteiger partial charge >= 0.3 is 12.1 Å². The van der Waals surface area contributed by atoms with Gasteiger partial charge in [-0.1, -0.05) is 11.6 Å². The van der Waals surface area contributed by atoms with Crippen LogP contribution in [0.4, 0.5) is 10.5 Å². The summed E-state index contributed by atoms with van der Waals surface area (Å²) in [6, 6.07) is 4.87. The fourth-order valence-electron chi connectivity index (χ4n) is 2.24. The minimum Gasteiger partial charge on any atom is -0.478 e. The van der Waals surface area contributed by atoms with Crippen molar-refractivity contribution in [2.75, 3.05) is 37.7 Å². The molecule has 1 amide bonds. The van der Waals surface area contributed by atoms with E-state index in [9.17, 15) is 9.59 Å². The summed E-state index contributed by atoms with van der Waals surface area (Å²) in [6.45, 7) is 4.59. The highest BCUT2D eigenvalue weighted by molar-refractivity contribution is 6.33. The van der Waals surface area contributed by atoms with E-state index in [1.807, 2.05) is 0 Å². The summed E-state index contributed by atoms with van der Waals surface area (Å²) in [5.74, 6) is -1.04. The Bertz CT molecular complexity index is 542. The van der Waals surface area contributed by atoms with Crippen LogP contribution in [0, 0.1) is 0 Å². The molecule has 0 saturated carbocycles. The summed E-state index contributed by atoms with van der Waals surface area (Å²) in [4.78, 5) is 26.3. The number of hydrogen-bond acceptors (Lipinski definition) is 4. The number of anilines is 1. The molecule has 21 heavy (non-hydrogen) atoms. The topological polar surface area (TPSA) is 70.1 Å². The van der Waals surface area contributed by atoms with Crippen molar-refractivity contribution in [2.24, 2.45) is 0 Å². The third-order valence-electron chi connectivity index (χ3n) is 3.35. The highest BCUT2D eigenvalue weighted by Gasteiger charge is 2.22. The Hall–Kier alpha value is -1.95. The minimum absolute atomic E-state index is 0.0885. The van der Waals surface area contributed by atoms with E-state index in [-0.39, 0.29) is 16.7 Å². The molecular weight excluding hydrogens is 296 g/mol. The molecule has 0 unspecified atom stereocenters. The maximum atomic E-state index is 11.6. The zero-order valence-corrected chi connectivity index (χ0v) is 12.5. The van der Waals surface area contributed by atoms with Gasteiger partial charge in [0.2, 0.25) is 0 Å². The first kappa shape index (κ1) is 15.4. The largest absolute Gasteiger partial charge is 0.478 e. The van der Waals surface area contributed by atoms with Gasteiger partial charge in [0.15, 0.2) is 0 Å². The number of rotatable bonds is 3. The van der Waals surface area contributed by atoms with Crippen molar-refractivity contribution >= 4 is 29.4 Å². The Morgan fingerprint density at radius 3 is 2.48 bits per heavy atom. The summed E-state index contributed by atoms with van der Waals surface area (Å²) in [5.41, 5.74) is 0.944. The average Bonchev–Trinajstić information content (AvgIpc) is 2.47. The summed E-state index contributed by atoms with van der Waals surface area (Å²) in [5, 5.41) is 9.17. The molecule has 1 aliphatic rings. The van der Waals surface area contributed by atoms with Crippen molar-refractivity contribution in [3.63, 3.8) is 0 Å². The summed E-state index contributed by atoms with van der Waals surface area (Å²) in [7, 11) is 0. The van der Waals surface area contributed by atoms with Crippen molar-refractivity contribution in [2.45, 2.75) is 6.92 Å². The van der Waals surface area contributed by atoms with E-state index in [2.05, 4.69) is 4.90 Å². The van der Waals surface area contributed by atoms with Crippen molar-refractivity contribution < 1.29 is 19.4 Å². The van der Waals surface area contributed by atoms with Gasteiger partial charge in [0.05, 0.1) is 17.2 Å². The number of ether oxygens (including phenoxy) is 1. The first-order valence-electron chi connectivity index (χ1n) is 6.72. The smallest absolute Gasteiger partial charge is 0.409 e.